The highest BCUT2D eigenvalue weighted by molar-refractivity contribution is 5.02. The van der Waals surface area contributed by atoms with Crippen LogP contribution in [-0.2, 0) is 0 Å². The molecule has 0 aliphatic carbocycles. The highest BCUT2D eigenvalue weighted by Crippen LogP contribution is 2.22. The van der Waals surface area contributed by atoms with E-state index in [1.54, 1.807) is 0 Å². The van der Waals surface area contributed by atoms with Gasteiger partial charge < -0.3 is 0 Å². The molecular formula is C53H106. The van der Waals surface area contributed by atoms with Gasteiger partial charge in [0.15, 0.2) is 0 Å². The molecule has 0 bridgehead atoms. The number of unbranched alkanes of at least 4 members (excludes halogenated alkanes) is 43. The summed E-state index contributed by atoms with van der Waals surface area (Å²) in [6.07, 6.45) is 72.9. The van der Waals surface area contributed by atoms with E-state index in [-0.39, 0.29) is 0 Å². The normalized spacial score (nSPS) is 12.0. The van der Waals surface area contributed by atoms with Gasteiger partial charge in [0.1, 0.15) is 0 Å². The van der Waals surface area contributed by atoms with Crippen molar-refractivity contribution in [2.24, 2.45) is 0 Å². The number of rotatable bonds is 48. The van der Waals surface area contributed by atoms with Gasteiger partial charge in [0.2, 0.25) is 0 Å². The first-order valence-corrected chi connectivity index (χ1v) is 26.0. The van der Waals surface area contributed by atoms with Gasteiger partial charge in [-0.1, -0.05) is 302 Å². The predicted octanol–water partition coefficient (Wildman–Crippen LogP) is 20.7. The predicted molar refractivity (Wildman–Crippen MR) is 247 cm³/mol. The van der Waals surface area contributed by atoms with Crippen LogP contribution in [-0.4, -0.2) is 0 Å². The quantitative estimate of drug-likeness (QED) is 0.0430. The van der Waals surface area contributed by atoms with E-state index in [0.29, 0.717) is 0 Å². The molecule has 0 aliphatic rings. The van der Waals surface area contributed by atoms with E-state index in [9.17, 15) is 0 Å². The zero-order chi connectivity index (χ0) is 38.2. The van der Waals surface area contributed by atoms with Crippen molar-refractivity contribution in [3.8, 4) is 0 Å². The van der Waals surface area contributed by atoms with Crippen LogP contribution in [0, 0.1) is 0 Å². The Bertz CT molecular complexity index is 644. The highest BCUT2D eigenvalue weighted by Gasteiger charge is 2.02. The lowest BCUT2D eigenvalue weighted by Gasteiger charge is -2.09. The molecule has 0 aromatic heterocycles. The molecule has 0 atom stereocenters. The molecule has 0 unspecified atom stereocenters. The van der Waals surface area contributed by atoms with Gasteiger partial charge in [0.25, 0.3) is 0 Å². The second-order valence-corrected chi connectivity index (χ2v) is 18.0. The van der Waals surface area contributed by atoms with E-state index in [0.717, 1.165) is 0 Å². The van der Waals surface area contributed by atoms with Crippen LogP contribution in [0.5, 0.6) is 0 Å². The Kier molecular flexibility index (Phi) is 49.5. The standard InChI is InChI=1S/C53H106/c1-4-7-10-13-16-19-22-25-28-31-34-37-40-43-46-49-52-53(50-47-44-41-38-35-32-29-26-23-20-17-14-11-8-5-2)51-48-45-42-39-36-33-30-27-24-21-18-15-12-9-6-3/h50H,4-49,51-52H2,1-3H3. The maximum absolute atomic E-state index is 2.72. The molecule has 0 N–H and O–H groups in total. The minimum absolute atomic E-state index is 1.35. The maximum Gasteiger partial charge on any atom is -0.0320 e. The van der Waals surface area contributed by atoms with Gasteiger partial charge >= 0.3 is 0 Å². The van der Waals surface area contributed by atoms with E-state index < -0.39 is 0 Å². The second kappa shape index (κ2) is 49.8. The van der Waals surface area contributed by atoms with E-state index in [1.807, 2.05) is 5.57 Å². The molecule has 0 rings (SSSR count). The maximum atomic E-state index is 2.72. The fourth-order valence-electron chi connectivity index (χ4n) is 8.60. The van der Waals surface area contributed by atoms with Gasteiger partial charge in [-0.15, -0.1) is 0 Å². The summed E-state index contributed by atoms with van der Waals surface area (Å²) in [7, 11) is 0. The average molecular weight is 743 g/mol. The molecule has 0 radical (unpaired) electrons. The molecule has 0 aliphatic heterocycles. The first-order chi connectivity index (χ1) is 26.3. The molecule has 0 spiro atoms. The molecule has 0 nitrogen and oxygen atoms in total. The summed E-state index contributed by atoms with van der Waals surface area (Å²) < 4.78 is 0. The third-order valence-corrected chi connectivity index (χ3v) is 12.4. The Morgan fingerprint density at radius 1 is 0.208 bits per heavy atom. The molecule has 0 fully saturated rings. The molecule has 0 saturated carbocycles. The number of hydrogen-bond acceptors (Lipinski definition) is 0. The van der Waals surface area contributed by atoms with Crippen LogP contribution in [0.2, 0.25) is 0 Å². The Morgan fingerprint density at radius 2 is 0.377 bits per heavy atom. The largest absolute Gasteiger partial charge is 0.0853 e. The van der Waals surface area contributed by atoms with Crippen molar-refractivity contribution >= 4 is 0 Å². The van der Waals surface area contributed by atoms with Crippen molar-refractivity contribution in [1.82, 2.24) is 0 Å². The van der Waals surface area contributed by atoms with Gasteiger partial charge in [0.05, 0.1) is 0 Å². The molecule has 53 heavy (non-hydrogen) atoms. The molecular weight excluding hydrogens is 637 g/mol. The lowest BCUT2D eigenvalue weighted by atomic mass is 9.97. The van der Waals surface area contributed by atoms with Gasteiger partial charge in [0, 0.05) is 0 Å². The fourth-order valence-corrected chi connectivity index (χ4v) is 8.60. The summed E-state index contributed by atoms with van der Waals surface area (Å²) in [5, 5.41) is 0. The fraction of sp³-hybridized carbons (Fsp3) is 0.962. The Morgan fingerprint density at radius 3 is 0.585 bits per heavy atom. The summed E-state index contributed by atoms with van der Waals surface area (Å²) in [5.41, 5.74) is 1.83. The summed E-state index contributed by atoms with van der Waals surface area (Å²) >= 11 is 0. The summed E-state index contributed by atoms with van der Waals surface area (Å²) in [5.74, 6) is 0. The third-order valence-electron chi connectivity index (χ3n) is 12.4. The Labute approximate surface area is 339 Å². The van der Waals surface area contributed by atoms with Crippen LogP contribution in [0.1, 0.15) is 329 Å². The first-order valence-electron chi connectivity index (χ1n) is 26.0. The third kappa shape index (κ3) is 47.8. The number of allylic oxidation sites excluding steroid dienone is 2. The lowest BCUT2D eigenvalue weighted by Crippen LogP contribution is -1.89. The van der Waals surface area contributed by atoms with Gasteiger partial charge in [-0.25, -0.2) is 0 Å². The Hall–Kier alpha value is -0.260. The van der Waals surface area contributed by atoms with Crippen molar-refractivity contribution in [3.05, 3.63) is 11.6 Å². The van der Waals surface area contributed by atoms with Crippen LogP contribution in [0.25, 0.3) is 0 Å². The smallest absolute Gasteiger partial charge is 0.0320 e. The van der Waals surface area contributed by atoms with Gasteiger partial charge in [-0.05, 0) is 38.5 Å². The molecule has 0 saturated heterocycles. The van der Waals surface area contributed by atoms with Crippen LogP contribution in [0.4, 0.5) is 0 Å². The summed E-state index contributed by atoms with van der Waals surface area (Å²) in [4.78, 5) is 0. The van der Waals surface area contributed by atoms with E-state index in [2.05, 4.69) is 26.8 Å². The lowest BCUT2D eigenvalue weighted by molar-refractivity contribution is 0.526. The van der Waals surface area contributed by atoms with Crippen molar-refractivity contribution < 1.29 is 0 Å². The Balaban J connectivity index is 4.01. The van der Waals surface area contributed by atoms with Gasteiger partial charge in [-0.2, -0.15) is 0 Å². The SMILES string of the molecule is CCCCCCCCCCCCCCCCC=C(CCCCCCCCCCCCCCCCC)CCCCCCCCCCCCCCCCCC. The first kappa shape index (κ1) is 52.7. The molecule has 0 heterocycles. The minimum Gasteiger partial charge on any atom is -0.0853 e. The van der Waals surface area contributed by atoms with Crippen LogP contribution in [0.15, 0.2) is 11.6 Å². The van der Waals surface area contributed by atoms with Crippen molar-refractivity contribution in [1.29, 1.82) is 0 Å². The average Bonchev–Trinajstić information content (AvgIpc) is 3.17. The zero-order valence-electron chi connectivity index (χ0n) is 38.0. The molecule has 0 heteroatoms. The topological polar surface area (TPSA) is 0 Å². The summed E-state index contributed by atoms with van der Waals surface area (Å²) in [6.45, 7) is 6.96. The molecule has 318 valence electrons. The molecule has 0 amide bonds. The van der Waals surface area contributed by atoms with E-state index >= 15 is 0 Å². The number of hydrogen-bond donors (Lipinski definition) is 0. The zero-order valence-corrected chi connectivity index (χ0v) is 38.0. The van der Waals surface area contributed by atoms with Crippen molar-refractivity contribution in [2.75, 3.05) is 0 Å². The second-order valence-electron chi connectivity index (χ2n) is 18.0. The van der Waals surface area contributed by atoms with E-state index in [1.165, 1.54) is 308 Å². The molecule has 0 aromatic rings. The van der Waals surface area contributed by atoms with E-state index in [4.69, 9.17) is 0 Å². The van der Waals surface area contributed by atoms with Crippen molar-refractivity contribution in [2.45, 2.75) is 329 Å². The van der Waals surface area contributed by atoms with Crippen LogP contribution < -0.4 is 0 Å². The highest BCUT2D eigenvalue weighted by atomic mass is 14.1. The summed E-state index contributed by atoms with van der Waals surface area (Å²) in [6, 6.07) is 0. The monoisotopic (exact) mass is 743 g/mol. The molecule has 0 aromatic carbocycles. The minimum atomic E-state index is 1.35. The van der Waals surface area contributed by atoms with Crippen LogP contribution >= 0.6 is 0 Å². The van der Waals surface area contributed by atoms with Gasteiger partial charge in [-0.3, -0.25) is 0 Å². The van der Waals surface area contributed by atoms with Crippen LogP contribution in [0.3, 0.4) is 0 Å². The van der Waals surface area contributed by atoms with Crippen molar-refractivity contribution in [3.63, 3.8) is 0 Å².